The molecule has 1 aliphatic heterocycles. The Balaban J connectivity index is 1.34. The summed E-state index contributed by atoms with van der Waals surface area (Å²) in [6, 6.07) is 8.82. The van der Waals surface area contributed by atoms with E-state index in [9.17, 15) is 64.2 Å². The van der Waals surface area contributed by atoms with Crippen molar-refractivity contribution in [3.05, 3.63) is 119 Å². The van der Waals surface area contributed by atoms with E-state index in [2.05, 4.69) is 36.7 Å². The average molecular weight is 1140 g/mol. The van der Waals surface area contributed by atoms with Crippen molar-refractivity contribution < 1.29 is 82.5 Å². The van der Waals surface area contributed by atoms with Gasteiger partial charge in [-0.1, -0.05) is 36.1 Å². The predicted octanol–water partition coefficient (Wildman–Crippen LogP) is 7.54. The van der Waals surface area contributed by atoms with Crippen molar-refractivity contribution in [2.45, 2.75) is 96.9 Å². The molecule has 3 heterocycles. The van der Waals surface area contributed by atoms with E-state index >= 15 is 8.78 Å². The molecular formula is C53H55F10N9O8. The quantitative estimate of drug-likeness (QED) is 0.0470. The molecule has 0 bridgehead atoms. The van der Waals surface area contributed by atoms with Crippen LogP contribution in [0.5, 0.6) is 0 Å². The van der Waals surface area contributed by atoms with Gasteiger partial charge in [0.2, 0.25) is 11.8 Å². The molecule has 27 heteroatoms. The standard InChI is InChI=1S/C53H55F10N9O8/c1-50(2,52(58,59)60)44(66-48(77)79-6)41(74)26-70(23-34-35(54)21-33(22-36(34)55)37-18-19-72(68-37)47(56)57)25-40(73)38(65-46(76)45(67-49(78)80-7)51(3,4)53(61,62)63)20-31-12-10-29(11-13-31)8-9-30-14-16-32(17-15-30)39-24-71-28-43(75)69(5)27-42(71)64-39/h10-19,21-22,24,38,40,44-45,47,73H,20,23,25-28H2,1-7H3,(H,65,76)(H,66,77)(H,67,78)/t38-,40-,44+,45+/m0/s1. The number of rotatable bonds is 19. The first-order chi connectivity index (χ1) is 37.3. The number of carbonyl (C=O) groups is 5. The summed E-state index contributed by atoms with van der Waals surface area (Å²) in [6.07, 6.45) is -13.3. The largest absolute Gasteiger partial charge is 0.453 e. The molecule has 0 fully saturated rings. The zero-order valence-electron chi connectivity index (χ0n) is 43.9. The lowest BCUT2D eigenvalue weighted by Gasteiger charge is -2.38. The van der Waals surface area contributed by atoms with Crippen molar-refractivity contribution in [2.24, 2.45) is 10.8 Å². The van der Waals surface area contributed by atoms with E-state index in [1.807, 2.05) is 10.6 Å². The first kappa shape index (κ1) is 61.2. The van der Waals surface area contributed by atoms with E-state index in [1.54, 1.807) is 47.0 Å². The number of fused-ring (bicyclic) bond motifs is 1. The number of aliphatic hydroxyl groups is 1. The lowest BCUT2D eigenvalue weighted by atomic mass is 9.81. The number of hydrogen-bond donors (Lipinski definition) is 4. The van der Waals surface area contributed by atoms with E-state index in [0.717, 1.165) is 42.8 Å². The summed E-state index contributed by atoms with van der Waals surface area (Å²) >= 11 is 0. The fraction of sp³-hybridized carbons (Fsp3) is 0.415. The smallest absolute Gasteiger partial charge is 0.407 e. The number of halogens is 10. The summed E-state index contributed by atoms with van der Waals surface area (Å²) in [4.78, 5) is 72.1. The summed E-state index contributed by atoms with van der Waals surface area (Å²) in [5.74, 6) is 0.896. The minimum atomic E-state index is -5.20. The number of methoxy groups -OCH3 is 2. The van der Waals surface area contributed by atoms with Crippen LogP contribution in [0.1, 0.15) is 62.3 Å². The van der Waals surface area contributed by atoms with E-state index in [0.29, 0.717) is 63.2 Å². The number of aromatic nitrogens is 4. The van der Waals surface area contributed by atoms with Crippen molar-refractivity contribution in [3.8, 4) is 34.4 Å². The number of nitrogens with zero attached hydrogens (tertiary/aromatic N) is 6. The van der Waals surface area contributed by atoms with Crippen LogP contribution in [0.2, 0.25) is 0 Å². The van der Waals surface area contributed by atoms with Gasteiger partial charge in [0.15, 0.2) is 5.78 Å². The Bertz CT molecular complexity index is 3110. The normalized spacial score (nSPS) is 14.6. The fourth-order valence-corrected chi connectivity index (χ4v) is 8.35. The van der Waals surface area contributed by atoms with Gasteiger partial charge in [0, 0.05) is 60.3 Å². The highest BCUT2D eigenvalue weighted by Gasteiger charge is 2.57. The minimum Gasteiger partial charge on any atom is -0.453 e. The maximum atomic E-state index is 16.1. The molecule has 80 heavy (non-hydrogen) atoms. The number of likely N-dealkylation sites (N-methyl/N-ethyl adjacent to an activating group) is 1. The molecule has 1 aliphatic rings. The number of carbonyl (C=O) groups excluding carboxylic acids is 5. The number of alkyl halides is 8. The third kappa shape index (κ3) is 14.4. The second-order valence-electron chi connectivity index (χ2n) is 19.9. The summed E-state index contributed by atoms with van der Waals surface area (Å²) in [7, 11) is 3.30. The lowest BCUT2D eigenvalue weighted by Crippen LogP contribution is -2.62. The van der Waals surface area contributed by atoms with Crippen LogP contribution < -0.4 is 16.0 Å². The second-order valence-corrected chi connectivity index (χ2v) is 19.9. The molecule has 4 atom stereocenters. The van der Waals surface area contributed by atoms with Crippen molar-refractivity contribution in [2.75, 3.05) is 34.4 Å². The lowest BCUT2D eigenvalue weighted by molar-refractivity contribution is -0.221. The van der Waals surface area contributed by atoms with Crippen LogP contribution in [-0.2, 0) is 49.9 Å². The van der Waals surface area contributed by atoms with Gasteiger partial charge in [-0.25, -0.2) is 28.0 Å². The average Bonchev–Trinajstić information content (AvgIpc) is 4.05. The van der Waals surface area contributed by atoms with Crippen LogP contribution in [0, 0.1) is 34.3 Å². The van der Waals surface area contributed by atoms with Crippen LogP contribution >= 0.6 is 0 Å². The third-order valence-corrected chi connectivity index (χ3v) is 13.5. The highest BCUT2D eigenvalue weighted by atomic mass is 19.4. The molecular weight excluding hydrogens is 1080 g/mol. The van der Waals surface area contributed by atoms with E-state index in [1.165, 1.54) is 24.3 Å². The number of hydrogen-bond acceptors (Lipinski definition) is 11. The van der Waals surface area contributed by atoms with E-state index < -0.39 is 121 Å². The first-order valence-corrected chi connectivity index (χ1v) is 24.2. The van der Waals surface area contributed by atoms with Gasteiger partial charge in [0.05, 0.1) is 61.7 Å². The zero-order valence-corrected chi connectivity index (χ0v) is 43.9. The molecule has 0 saturated heterocycles. The van der Waals surface area contributed by atoms with Gasteiger partial charge >= 0.3 is 31.1 Å². The molecule has 0 spiro atoms. The third-order valence-electron chi connectivity index (χ3n) is 13.5. The summed E-state index contributed by atoms with van der Waals surface area (Å²) < 4.78 is 157. The van der Waals surface area contributed by atoms with Crippen molar-refractivity contribution in [3.63, 3.8) is 0 Å². The molecule has 430 valence electrons. The highest BCUT2D eigenvalue weighted by molar-refractivity contribution is 5.90. The number of ketones is 1. The Kier molecular flexibility index (Phi) is 18.8. The number of Topliss-reactive ketones (excluding diaryl/α,β-unsaturated/α-hetero) is 1. The minimum absolute atomic E-state index is 0.0497. The molecule has 3 aromatic carbocycles. The number of aliphatic hydroxyl groups excluding tert-OH is 1. The Morgan fingerprint density at radius 3 is 1.82 bits per heavy atom. The van der Waals surface area contributed by atoms with Crippen LogP contribution in [0.4, 0.5) is 53.5 Å². The van der Waals surface area contributed by atoms with Gasteiger partial charge in [0.1, 0.15) is 36.1 Å². The molecule has 4 amide bonds. The van der Waals surface area contributed by atoms with Crippen molar-refractivity contribution in [1.82, 2.24) is 45.1 Å². The number of alkyl carbamates (subject to hydrolysis) is 2. The number of benzene rings is 3. The van der Waals surface area contributed by atoms with E-state index in [-0.39, 0.29) is 34.0 Å². The van der Waals surface area contributed by atoms with E-state index in [4.69, 9.17) is 0 Å². The highest BCUT2D eigenvalue weighted by Crippen LogP contribution is 2.42. The van der Waals surface area contributed by atoms with Gasteiger partial charge < -0.3 is 40.0 Å². The Labute approximate surface area is 451 Å². The van der Waals surface area contributed by atoms with Crippen LogP contribution in [0.3, 0.4) is 0 Å². The molecule has 0 aliphatic carbocycles. The molecule has 0 saturated carbocycles. The van der Waals surface area contributed by atoms with Crippen molar-refractivity contribution in [1.29, 1.82) is 0 Å². The molecule has 0 radical (unpaired) electrons. The zero-order chi connectivity index (χ0) is 59.2. The van der Waals surface area contributed by atoms with Gasteiger partial charge in [-0.2, -0.15) is 40.2 Å². The fourth-order valence-electron chi connectivity index (χ4n) is 8.35. The first-order valence-electron chi connectivity index (χ1n) is 24.2. The molecule has 17 nitrogen and oxygen atoms in total. The van der Waals surface area contributed by atoms with Crippen LogP contribution in [0.25, 0.3) is 22.5 Å². The SMILES string of the molecule is COC(=O)N[C@H](C(=O)CN(Cc1c(F)cc(-c2ccn(C(F)F)n2)cc1F)C[C@H](O)[C@H](Cc1ccc(C#Cc2ccc(-c3cn4c(n3)CN(C)C(=O)C4)cc2)cc1)NC(=O)[C@@H](NC(=O)OC)C(C)(C)C(F)(F)F)C(C)(C)C(F)(F)F. The Morgan fingerprint density at radius 1 is 0.762 bits per heavy atom. The molecule has 0 unspecified atom stereocenters. The monoisotopic (exact) mass is 1140 g/mol. The maximum Gasteiger partial charge on any atom is 0.407 e. The van der Waals surface area contributed by atoms with Crippen LogP contribution in [-0.4, -0.2) is 135 Å². The molecule has 4 N–H and O–H groups in total. The summed E-state index contributed by atoms with van der Waals surface area (Å²) in [5, 5.41) is 21.6. The summed E-state index contributed by atoms with van der Waals surface area (Å²) in [5.41, 5.74) is -4.92. The Hall–Kier alpha value is -7.99. The molecule has 2 aromatic heterocycles. The van der Waals surface area contributed by atoms with Gasteiger partial charge in [-0.05, 0) is 82.1 Å². The second kappa shape index (κ2) is 24.6. The predicted molar refractivity (Wildman–Crippen MR) is 266 cm³/mol. The number of nitrogens with one attached hydrogen (secondary N) is 3. The topological polar surface area (TPSA) is 202 Å². The summed E-state index contributed by atoms with van der Waals surface area (Å²) in [6.45, 7) is -3.61. The number of ether oxygens (including phenoxy) is 2. The number of imidazole rings is 1. The van der Waals surface area contributed by atoms with Crippen LogP contribution in [0.15, 0.2) is 79.1 Å². The number of amides is 4. The molecule has 6 rings (SSSR count). The van der Waals surface area contributed by atoms with Gasteiger partial charge in [-0.15, -0.1) is 0 Å². The Morgan fingerprint density at radius 2 is 1.30 bits per heavy atom. The van der Waals surface area contributed by atoms with Gasteiger partial charge in [0.25, 0.3) is 0 Å². The van der Waals surface area contributed by atoms with Gasteiger partial charge in [-0.3, -0.25) is 19.3 Å². The van der Waals surface area contributed by atoms with Crippen molar-refractivity contribution >= 4 is 29.8 Å². The molecule has 5 aromatic rings. The maximum absolute atomic E-state index is 16.1.